The molecule has 0 bridgehead atoms. The lowest BCUT2D eigenvalue weighted by molar-refractivity contribution is -0.167. The molecule has 0 aromatic carbocycles. The third kappa shape index (κ3) is 53.9. The van der Waals surface area contributed by atoms with Gasteiger partial charge in [0.05, 0.1) is 0 Å². The number of carbonyl (C=O) groups excluding carboxylic acids is 3. The molecule has 0 aliphatic carbocycles. The summed E-state index contributed by atoms with van der Waals surface area (Å²) in [7, 11) is 0. The highest BCUT2D eigenvalue weighted by Crippen LogP contribution is 2.15. The Morgan fingerprint density at radius 3 is 0.940 bits per heavy atom. The maximum atomic E-state index is 12.8. The highest BCUT2D eigenvalue weighted by Gasteiger charge is 2.19. The second-order valence-electron chi connectivity index (χ2n) is 19.2. The lowest BCUT2D eigenvalue weighted by Crippen LogP contribution is -2.30. The van der Waals surface area contributed by atoms with Crippen molar-refractivity contribution in [2.75, 3.05) is 13.2 Å². The normalized spacial score (nSPS) is 12.5. The zero-order valence-electron chi connectivity index (χ0n) is 44.4. The Kier molecular flexibility index (Phi) is 53.3. The van der Waals surface area contributed by atoms with Gasteiger partial charge in [-0.05, 0) is 103 Å². The van der Waals surface area contributed by atoms with E-state index < -0.39 is 6.10 Å². The fraction of sp³-hybridized carbons (Fsp3) is 0.787. The number of unbranched alkanes of at least 4 members (excludes halogenated alkanes) is 31. The number of hydrogen-bond donors (Lipinski definition) is 0. The number of rotatable bonds is 52. The van der Waals surface area contributed by atoms with Gasteiger partial charge < -0.3 is 14.2 Å². The van der Waals surface area contributed by atoms with Crippen molar-refractivity contribution in [3.8, 4) is 0 Å². The molecule has 0 unspecified atom stereocenters. The van der Waals surface area contributed by atoms with Gasteiger partial charge in [-0.2, -0.15) is 0 Å². The monoisotopic (exact) mass is 937 g/mol. The Morgan fingerprint density at radius 2 is 0.582 bits per heavy atom. The van der Waals surface area contributed by atoms with E-state index >= 15 is 0 Å². The molecular weight excluding hydrogens is 829 g/mol. The molecule has 0 heterocycles. The number of hydrogen-bond acceptors (Lipinski definition) is 6. The van der Waals surface area contributed by atoms with Gasteiger partial charge in [-0.3, -0.25) is 14.4 Å². The maximum Gasteiger partial charge on any atom is 0.306 e. The van der Waals surface area contributed by atoms with Crippen LogP contribution in [0.4, 0.5) is 0 Å². The first-order valence-corrected chi connectivity index (χ1v) is 28.8. The SMILES string of the molecule is CC/C=C/C/C=C/C/C=C/CCCCCCCC(=O)O[C@H](COC(=O)CCCCCCCCC/C=C/CCCCCC)COC(=O)CCCCCCCCCCC/C=C/CCCCCCCC. The minimum Gasteiger partial charge on any atom is -0.462 e. The predicted octanol–water partition coefficient (Wildman–Crippen LogP) is 19.2. The number of carbonyl (C=O) groups is 3. The highest BCUT2D eigenvalue weighted by molar-refractivity contribution is 5.71. The van der Waals surface area contributed by atoms with Crippen LogP contribution in [0.5, 0.6) is 0 Å². The third-order valence-electron chi connectivity index (χ3n) is 12.5. The lowest BCUT2D eigenvalue weighted by Gasteiger charge is -2.18. The Morgan fingerprint density at radius 1 is 0.313 bits per heavy atom. The minimum atomic E-state index is -0.785. The first kappa shape index (κ1) is 64.1. The highest BCUT2D eigenvalue weighted by atomic mass is 16.6. The quantitative estimate of drug-likeness (QED) is 0.0262. The standard InChI is InChI=1S/C61H108O6/c1-4-7-10-13-16-19-22-25-28-29-30-31-34-36-39-42-45-48-51-54-60(63)66-57-58(67-61(64)55-52-49-46-43-40-37-33-27-24-21-18-15-12-9-6-3)56-65-59(62)53-50-47-44-41-38-35-32-26-23-20-17-14-11-8-5-2/h9,12,18,20-21,23,25,27-28,33,58H,4-8,10-11,13-17,19,22,24,26,29-32,34-57H2,1-3H3/b12-9+,21-18+,23-20+,28-25+,33-27+/t58-/m1/s1. The summed E-state index contributed by atoms with van der Waals surface area (Å²) in [5.74, 6) is -0.896. The maximum absolute atomic E-state index is 12.8. The fourth-order valence-electron chi connectivity index (χ4n) is 8.15. The van der Waals surface area contributed by atoms with Gasteiger partial charge in [0.25, 0.3) is 0 Å². The Balaban J connectivity index is 4.37. The van der Waals surface area contributed by atoms with Crippen LogP contribution in [0, 0.1) is 0 Å². The van der Waals surface area contributed by atoms with Gasteiger partial charge in [0.15, 0.2) is 6.10 Å². The smallest absolute Gasteiger partial charge is 0.306 e. The summed E-state index contributed by atoms with van der Waals surface area (Å²) in [5, 5.41) is 0. The van der Waals surface area contributed by atoms with Crippen molar-refractivity contribution in [2.45, 2.75) is 297 Å². The van der Waals surface area contributed by atoms with E-state index in [1.54, 1.807) is 0 Å². The Hall–Kier alpha value is -2.89. The summed E-state index contributed by atoms with van der Waals surface area (Å²) in [6.45, 7) is 6.52. The minimum absolute atomic E-state index is 0.0826. The second kappa shape index (κ2) is 55.7. The molecule has 0 aliphatic rings. The first-order chi connectivity index (χ1) is 33.0. The number of esters is 3. The van der Waals surface area contributed by atoms with E-state index in [0.717, 1.165) is 96.3 Å². The van der Waals surface area contributed by atoms with Crippen molar-refractivity contribution in [3.63, 3.8) is 0 Å². The van der Waals surface area contributed by atoms with Gasteiger partial charge in [0.2, 0.25) is 0 Å². The molecule has 0 spiro atoms. The zero-order valence-corrected chi connectivity index (χ0v) is 44.4. The van der Waals surface area contributed by atoms with Crippen molar-refractivity contribution in [1.82, 2.24) is 0 Å². The van der Waals surface area contributed by atoms with Crippen LogP contribution in [0.3, 0.4) is 0 Å². The molecular formula is C61H108O6. The number of ether oxygens (including phenoxy) is 3. The average molecular weight is 938 g/mol. The molecule has 0 amide bonds. The van der Waals surface area contributed by atoms with Crippen LogP contribution in [0.25, 0.3) is 0 Å². The molecule has 0 rings (SSSR count). The van der Waals surface area contributed by atoms with Gasteiger partial charge in [0.1, 0.15) is 13.2 Å². The van der Waals surface area contributed by atoms with E-state index in [1.807, 2.05) is 0 Å². The predicted molar refractivity (Wildman–Crippen MR) is 288 cm³/mol. The average Bonchev–Trinajstić information content (AvgIpc) is 3.33. The summed E-state index contributed by atoms with van der Waals surface area (Å²) < 4.78 is 16.9. The Bertz CT molecular complexity index is 1210. The first-order valence-electron chi connectivity index (χ1n) is 28.8. The molecule has 0 aromatic rings. The lowest BCUT2D eigenvalue weighted by atomic mass is 10.1. The van der Waals surface area contributed by atoms with E-state index in [2.05, 4.69) is 81.5 Å². The molecule has 0 N–H and O–H groups in total. The molecule has 0 saturated carbocycles. The van der Waals surface area contributed by atoms with Crippen LogP contribution in [0.1, 0.15) is 290 Å². The van der Waals surface area contributed by atoms with E-state index in [9.17, 15) is 14.4 Å². The molecule has 0 fully saturated rings. The largest absolute Gasteiger partial charge is 0.462 e. The summed E-state index contributed by atoms with van der Waals surface area (Å²) in [5.41, 5.74) is 0. The van der Waals surface area contributed by atoms with Crippen molar-refractivity contribution in [2.24, 2.45) is 0 Å². The van der Waals surface area contributed by atoms with Gasteiger partial charge in [-0.1, -0.05) is 229 Å². The van der Waals surface area contributed by atoms with Gasteiger partial charge >= 0.3 is 17.9 Å². The van der Waals surface area contributed by atoms with Gasteiger partial charge in [0, 0.05) is 19.3 Å². The van der Waals surface area contributed by atoms with E-state index in [1.165, 1.54) is 154 Å². The van der Waals surface area contributed by atoms with Crippen LogP contribution in [-0.4, -0.2) is 37.2 Å². The topological polar surface area (TPSA) is 78.9 Å². The van der Waals surface area contributed by atoms with E-state index in [4.69, 9.17) is 14.2 Å². The van der Waals surface area contributed by atoms with Crippen molar-refractivity contribution < 1.29 is 28.6 Å². The van der Waals surface area contributed by atoms with E-state index in [0.29, 0.717) is 19.3 Å². The summed E-state index contributed by atoms with van der Waals surface area (Å²) in [6.07, 6.45) is 69.2. The van der Waals surface area contributed by atoms with Crippen LogP contribution in [0.2, 0.25) is 0 Å². The Labute approximate surface area is 415 Å². The molecule has 6 heteroatoms. The van der Waals surface area contributed by atoms with Crippen molar-refractivity contribution in [3.05, 3.63) is 60.8 Å². The third-order valence-corrected chi connectivity index (χ3v) is 12.5. The van der Waals surface area contributed by atoms with Crippen LogP contribution in [-0.2, 0) is 28.6 Å². The van der Waals surface area contributed by atoms with E-state index in [-0.39, 0.29) is 31.1 Å². The van der Waals surface area contributed by atoms with Crippen LogP contribution in [0.15, 0.2) is 60.8 Å². The summed E-state index contributed by atoms with van der Waals surface area (Å²) in [4.78, 5) is 38.1. The second-order valence-corrected chi connectivity index (χ2v) is 19.2. The van der Waals surface area contributed by atoms with Crippen molar-refractivity contribution >= 4 is 17.9 Å². The summed E-state index contributed by atoms with van der Waals surface area (Å²) in [6, 6.07) is 0. The molecule has 1 atom stereocenters. The molecule has 388 valence electrons. The number of allylic oxidation sites excluding steroid dienone is 10. The molecule has 0 aliphatic heterocycles. The van der Waals surface area contributed by atoms with Crippen molar-refractivity contribution in [1.29, 1.82) is 0 Å². The van der Waals surface area contributed by atoms with Crippen LogP contribution < -0.4 is 0 Å². The van der Waals surface area contributed by atoms with Gasteiger partial charge in [-0.15, -0.1) is 0 Å². The fourth-order valence-corrected chi connectivity index (χ4v) is 8.15. The zero-order chi connectivity index (χ0) is 48.6. The van der Waals surface area contributed by atoms with Crippen LogP contribution >= 0.6 is 0 Å². The molecule has 67 heavy (non-hydrogen) atoms. The molecule has 0 aromatic heterocycles. The molecule has 0 saturated heterocycles. The van der Waals surface area contributed by atoms with Gasteiger partial charge in [-0.25, -0.2) is 0 Å². The molecule has 0 radical (unpaired) electrons. The summed E-state index contributed by atoms with van der Waals surface area (Å²) >= 11 is 0. The molecule has 6 nitrogen and oxygen atoms in total.